The quantitative estimate of drug-likeness (QED) is 0.809. The van der Waals surface area contributed by atoms with Crippen LogP contribution in [0.25, 0.3) is 0 Å². The molecule has 122 valence electrons. The molecule has 4 heteroatoms. The zero-order valence-corrected chi connectivity index (χ0v) is 13.8. The number of rotatable bonds is 6. The van der Waals surface area contributed by atoms with Crippen LogP contribution in [0.2, 0.25) is 0 Å². The predicted molar refractivity (Wildman–Crippen MR) is 89.1 cm³/mol. The fourth-order valence-corrected chi connectivity index (χ4v) is 2.98. The molecule has 0 bridgehead atoms. The molecule has 1 N–H and O–H groups in total. The van der Waals surface area contributed by atoms with Crippen LogP contribution in [0.3, 0.4) is 0 Å². The second-order valence-corrected chi connectivity index (χ2v) is 6.07. The van der Waals surface area contributed by atoms with Crippen molar-refractivity contribution >= 4 is 6.03 Å². The van der Waals surface area contributed by atoms with Crippen molar-refractivity contribution in [3.05, 3.63) is 29.8 Å². The molecule has 0 atom stereocenters. The summed E-state index contributed by atoms with van der Waals surface area (Å²) in [5.41, 5.74) is 1.32. The SMILES string of the molecule is CCCc1ccc(OCNC(=O)N(C)C2CCCCC2)cc1. The van der Waals surface area contributed by atoms with Gasteiger partial charge in [0.1, 0.15) is 5.75 Å². The van der Waals surface area contributed by atoms with E-state index in [4.69, 9.17) is 4.74 Å². The molecule has 0 aliphatic heterocycles. The van der Waals surface area contributed by atoms with Gasteiger partial charge in [0, 0.05) is 13.1 Å². The summed E-state index contributed by atoms with van der Waals surface area (Å²) in [4.78, 5) is 13.9. The van der Waals surface area contributed by atoms with Gasteiger partial charge in [0.05, 0.1) is 0 Å². The summed E-state index contributed by atoms with van der Waals surface area (Å²) in [6, 6.07) is 8.41. The highest BCUT2D eigenvalue weighted by Gasteiger charge is 2.21. The van der Waals surface area contributed by atoms with Crippen molar-refractivity contribution in [2.45, 2.75) is 57.9 Å². The lowest BCUT2D eigenvalue weighted by atomic mass is 9.95. The van der Waals surface area contributed by atoms with Crippen LogP contribution in [0, 0.1) is 0 Å². The molecule has 0 heterocycles. The van der Waals surface area contributed by atoms with E-state index in [-0.39, 0.29) is 12.8 Å². The van der Waals surface area contributed by atoms with Gasteiger partial charge < -0.3 is 15.0 Å². The Kier molecular flexibility index (Phi) is 6.56. The third-order valence-electron chi connectivity index (χ3n) is 4.37. The van der Waals surface area contributed by atoms with Crippen molar-refractivity contribution in [3.8, 4) is 5.75 Å². The van der Waals surface area contributed by atoms with Crippen LogP contribution in [-0.2, 0) is 6.42 Å². The molecule has 1 aliphatic rings. The van der Waals surface area contributed by atoms with E-state index >= 15 is 0 Å². The first kappa shape index (κ1) is 16.7. The molecule has 1 aromatic rings. The molecular weight excluding hydrogens is 276 g/mol. The average molecular weight is 304 g/mol. The summed E-state index contributed by atoms with van der Waals surface area (Å²) in [7, 11) is 1.88. The van der Waals surface area contributed by atoms with Crippen LogP contribution < -0.4 is 10.1 Å². The summed E-state index contributed by atoms with van der Waals surface area (Å²) in [6.45, 7) is 2.38. The standard InChI is InChI=1S/C18H28N2O2/c1-3-7-15-10-12-17(13-11-15)22-14-19-18(21)20(2)16-8-5-4-6-9-16/h10-13,16H,3-9,14H2,1-2H3,(H,19,21). The molecule has 4 nitrogen and oxygen atoms in total. The van der Waals surface area contributed by atoms with Crippen molar-refractivity contribution in [1.29, 1.82) is 0 Å². The maximum Gasteiger partial charge on any atom is 0.319 e. The van der Waals surface area contributed by atoms with E-state index in [0.717, 1.165) is 31.4 Å². The molecule has 2 rings (SSSR count). The Bertz CT molecular complexity index is 453. The number of nitrogens with zero attached hydrogens (tertiary/aromatic N) is 1. The number of aryl methyl sites for hydroxylation is 1. The van der Waals surface area contributed by atoms with E-state index in [2.05, 4.69) is 24.4 Å². The number of hydrogen-bond donors (Lipinski definition) is 1. The Labute approximate surface area is 133 Å². The van der Waals surface area contributed by atoms with Gasteiger partial charge >= 0.3 is 6.03 Å². The molecule has 0 aromatic heterocycles. The van der Waals surface area contributed by atoms with Gasteiger partial charge in [-0.3, -0.25) is 0 Å². The third kappa shape index (κ3) is 4.93. The zero-order chi connectivity index (χ0) is 15.8. The van der Waals surface area contributed by atoms with Crippen molar-refractivity contribution < 1.29 is 9.53 Å². The van der Waals surface area contributed by atoms with Crippen molar-refractivity contribution in [1.82, 2.24) is 10.2 Å². The van der Waals surface area contributed by atoms with E-state index in [1.165, 1.54) is 24.8 Å². The summed E-state index contributed by atoms with van der Waals surface area (Å²) >= 11 is 0. The molecule has 1 saturated carbocycles. The first-order chi connectivity index (χ1) is 10.7. The van der Waals surface area contributed by atoms with Gasteiger partial charge in [-0.1, -0.05) is 44.7 Å². The number of nitrogens with one attached hydrogen (secondary N) is 1. The number of amides is 2. The lowest BCUT2D eigenvalue weighted by Crippen LogP contribution is -2.45. The molecule has 1 aromatic carbocycles. The summed E-state index contributed by atoms with van der Waals surface area (Å²) < 4.78 is 5.59. The maximum absolute atomic E-state index is 12.1. The van der Waals surface area contributed by atoms with Crippen LogP contribution in [-0.4, -0.2) is 30.8 Å². The Balaban J connectivity index is 1.71. The van der Waals surface area contributed by atoms with Crippen molar-refractivity contribution in [2.24, 2.45) is 0 Å². The van der Waals surface area contributed by atoms with E-state index < -0.39 is 0 Å². The maximum atomic E-state index is 12.1. The fraction of sp³-hybridized carbons (Fsp3) is 0.611. The number of benzene rings is 1. The van der Waals surface area contributed by atoms with Crippen LogP contribution >= 0.6 is 0 Å². The summed E-state index contributed by atoms with van der Waals surface area (Å²) in [5, 5.41) is 2.83. The highest BCUT2D eigenvalue weighted by Crippen LogP contribution is 2.21. The van der Waals surface area contributed by atoms with Crippen LogP contribution in [0.15, 0.2) is 24.3 Å². The van der Waals surface area contributed by atoms with E-state index in [0.29, 0.717) is 6.04 Å². The van der Waals surface area contributed by atoms with Crippen LogP contribution in [0.5, 0.6) is 5.75 Å². The summed E-state index contributed by atoms with van der Waals surface area (Å²) in [5.74, 6) is 0.792. The minimum Gasteiger partial charge on any atom is -0.473 e. The van der Waals surface area contributed by atoms with E-state index in [1.807, 2.05) is 24.1 Å². The molecule has 1 fully saturated rings. The average Bonchev–Trinajstić information content (AvgIpc) is 2.56. The Morgan fingerprint density at radius 1 is 1.23 bits per heavy atom. The molecule has 0 saturated heterocycles. The normalized spacial score (nSPS) is 15.4. The number of ether oxygens (including phenoxy) is 1. The molecular formula is C18H28N2O2. The molecule has 1 aliphatic carbocycles. The largest absolute Gasteiger partial charge is 0.473 e. The molecule has 0 radical (unpaired) electrons. The first-order valence-electron chi connectivity index (χ1n) is 8.43. The van der Waals surface area contributed by atoms with Crippen molar-refractivity contribution in [2.75, 3.05) is 13.8 Å². The number of urea groups is 1. The molecule has 0 spiro atoms. The van der Waals surface area contributed by atoms with Gasteiger partial charge in [-0.05, 0) is 37.0 Å². The molecule has 0 unspecified atom stereocenters. The van der Waals surface area contributed by atoms with Gasteiger partial charge in [-0.15, -0.1) is 0 Å². The monoisotopic (exact) mass is 304 g/mol. The highest BCUT2D eigenvalue weighted by atomic mass is 16.5. The third-order valence-corrected chi connectivity index (χ3v) is 4.37. The van der Waals surface area contributed by atoms with E-state index in [1.54, 1.807) is 0 Å². The number of carbonyl (C=O) groups is 1. The van der Waals surface area contributed by atoms with Crippen LogP contribution in [0.4, 0.5) is 4.79 Å². The van der Waals surface area contributed by atoms with Gasteiger partial charge in [0.2, 0.25) is 0 Å². The van der Waals surface area contributed by atoms with Gasteiger partial charge in [-0.25, -0.2) is 4.79 Å². The zero-order valence-electron chi connectivity index (χ0n) is 13.8. The first-order valence-corrected chi connectivity index (χ1v) is 8.43. The minimum absolute atomic E-state index is 0.0468. The van der Waals surface area contributed by atoms with Gasteiger partial charge in [0.25, 0.3) is 0 Å². The lowest BCUT2D eigenvalue weighted by Gasteiger charge is -2.31. The lowest BCUT2D eigenvalue weighted by molar-refractivity contribution is 0.163. The Hall–Kier alpha value is -1.71. The number of carbonyl (C=O) groups excluding carboxylic acids is 1. The van der Waals surface area contributed by atoms with E-state index in [9.17, 15) is 4.79 Å². The van der Waals surface area contributed by atoms with Crippen molar-refractivity contribution in [3.63, 3.8) is 0 Å². The van der Waals surface area contributed by atoms with Gasteiger partial charge in [0.15, 0.2) is 6.73 Å². The summed E-state index contributed by atoms with van der Waals surface area (Å²) in [6.07, 6.45) is 8.20. The fourth-order valence-electron chi connectivity index (χ4n) is 2.98. The Morgan fingerprint density at radius 2 is 1.91 bits per heavy atom. The molecule has 2 amide bonds. The van der Waals surface area contributed by atoms with Crippen LogP contribution in [0.1, 0.15) is 51.0 Å². The van der Waals surface area contributed by atoms with Gasteiger partial charge in [-0.2, -0.15) is 0 Å². The minimum atomic E-state index is -0.0468. The molecule has 22 heavy (non-hydrogen) atoms. The Morgan fingerprint density at radius 3 is 2.55 bits per heavy atom. The second-order valence-electron chi connectivity index (χ2n) is 6.07. The predicted octanol–water partition coefficient (Wildman–Crippen LogP) is 3.95. The smallest absolute Gasteiger partial charge is 0.319 e. The topological polar surface area (TPSA) is 41.6 Å². The second kappa shape index (κ2) is 8.66. The number of hydrogen-bond acceptors (Lipinski definition) is 2. The highest BCUT2D eigenvalue weighted by molar-refractivity contribution is 5.74.